The van der Waals surface area contributed by atoms with Gasteiger partial charge in [0.05, 0.1) is 5.54 Å². The van der Waals surface area contributed by atoms with Crippen LogP contribution >= 0.6 is 0 Å². The lowest BCUT2D eigenvalue weighted by molar-refractivity contribution is 0.239. The molecule has 0 aliphatic rings. The molecule has 0 amide bonds. The second-order valence-corrected chi connectivity index (χ2v) is 5.54. The van der Waals surface area contributed by atoms with E-state index in [9.17, 15) is 4.39 Å². The molecule has 0 spiro atoms. The van der Waals surface area contributed by atoms with Gasteiger partial charge in [-0.25, -0.2) is 4.39 Å². The number of nitrogens with zero attached hydrogens (tertiary/aromatic N) is 1. The molecule has 2 nitrogen and oxygen atoms in total. The molecule has 114 valence electrons. The Morgan fingerprint density at radius 3 is 2.33 bits per heavy atom. The van der Waals surface area contributed by atoms with E-state index in [4.69, 9.17) is 5.73 Å². The Kier molecular flexibility index (Phi) is 6.53. The SMILES string of the molecule is C=CCN(CC=C)CC(N)(CC(=C)C)c1ccccc1F. The molecule has 0 aliphatic heterocycles. The maximum Gasteiger partial charge on any atom is 0.128 e. The van der Waals surface area contributed by atoms with E-state index in [0.717, 1.165) is 5.57 Å². The van der Waals surface area contributed by atoms with Gasteiger partial charge in [-0.15, -0.1) is 19.7 Å². The van der Waals surface area contributed by atoms with E-state index >= 15 is 0 Å². The summed E-state index contributed by atoms with van der Waals surface area (Å²) >= 11 is 0. The van der Waals surface area contributed by atoms with Gasteiger partial charge >= 0.3 is 0 Å². The summed E-state index contributed by atoms with van der Waals surface area (Å²) < 4.78 is 14.2. The predicted octanol–water partition coefficient (Wildman–Crippen LogP) is 3.62. The Bertz CT molecular complexity index is 500. The number of benzene rings is 1. The van der Waals surface area contributed by atoms with Crippen molar-refractivity contribution in [2.75, 3.05) is 19.6 Å². The number of halogens is 1. The van der Waals surface area contributed by atoms with Crippen molar-refractivity contribution in [2.45, 2.75) is 18.9 Å². The number of hydrogen-bond acceptors (Lipinski definition) is 2. The van der Waals surface area contributed by atoms with Crippen LogP contribution in [0.2, 0.25) is 0 Å². The molecule has 1 aromatic rings. The van der Waals surface area contributed by atoms with E-state index in [1.54, 1.807) is 12.1 Å². The summed E-state index contributed by atoms with van der Waals surface area (Å²) in [7, 11) is 0. The normalized spacial score (nSPS) is 13.7. The summed E-state index contributed by atoms with van der Waals surface area (Å²) in [4.78, 5) is 2.09. The maximum atomic E-state index is 14.2. The first-order chi connectivity index (χ1) is 9.92. The van der Waals surface area contributed by atoms with Gasteiger partial charge < -0.3 is 5.73 Å². The van der Waals surface area contributed by atoms with Gasteiger partial charge in [0.2, 0.25) is 0 Å². The summed E-state index contributed by atoms with van der Waals surface area (Å²) in [5, 5.41) is 0. The molecule has 0 heterocycles. The zero-order valence-corrected chi connectivity index (χ0v) is 12.8. The first-order valence-corrected chi connectivity index (χ1v) is 7.05. The van der Waals surface area contributed by atoms with Gasteiger partial charge in [-0.05, 0) is 19.4 Å². The highest BCUT2D eigenvalue weighted by atomic mass is 19.1. The Labute approximate surface area is 127 Å². The number of nitrogens with two attached hydrogens (primary N) is 1. The summed E-state index contributed by atoms with van der Waals surface area (Å²) in [6.07, 6.45) is 4.15. The lowest BCUT2D eigenvalue weighted by Gasteiger charge is -2.35. The lowest BCUT2D eigenvalue weighted by atomic mass is 9.84. The van der Waals surface area contributed by atoms with Crippen LogP contribution in [-0.2, 0) is 5.54 Å². The standard InChI is InChI=1S/C18H25FN2/c1-5-11-21(12-6-2)14-18(20,13-15(3)4)16-9-7-8-10-17(16)19/h5-10H,1-3,11-14,20H2,4H3. The fourth-order valence-corrected chi connectivity index (χ4v) is 2.61. The van der Waals surface area contributed by atoms with Crippen molar-refractivity contribution < 1.29 is 4.39 Å². The monoisotopic (exact) mass is 288 g/mol. The molecule has 1 atom stereocenters. The molecule has 1 rings (SSSR count). The Hall–Kier alpha value is -1.71. The largest absolute Gasteiger partial charge is 0.320 e. The average molecular weight is 288 g/mol. The lowest BCUT2D eigenvalue weighted by Crippen LogP contribution is -2.48. The minimum atomic E-state index is -0.816. The molecular weight excluding hydrogens is 263 g/mol. The average Bonchev–Trinajstić information content (AvgIpc) is 2.38. The van der Waals surface area contributed by atoms with Crippen molar-refractivity contribution in [3.8, 4) is 0 Å². The van der Waals surface area contributed by atoms with Crippen LogP contribution in [0.3, 0.4) is 0 Å². The maximum absolute atomic E-state index is 14.2. The van der Waals surface area contributed by atoms with Crippen molar-refractivity contribution in [3.63, 3.8) is 0 Å². The van der Waals surface area contributed by atoms with Gasteiger partial charge in [-0.2, -0.15) is 0 Å². The van der Waals surface area contributed by atoms with Gasteiger partial charge in [0.1, 0.15) is 5.82 Å². The molecule has 0 aromatic heterocycles. The quantitative estimate of drug-likeness (QED) is 0.703. The van der Waals surface area contributed by atoms with E-state index < -0.39 is 5.54 Å². The molecule has 0 fully saturated rings. The fraction of sp³-hybridized carbons (Fsp3) is 0.333. The molecule has 0 saturated heterocycles. The van der Waals surface area contributed by atoms with E-state index in [0.29, 0.717) is 31.6 Å². The van der Waals surface area contributed by atoms with Crippen molar-refractivity contribution in [2.24, 2.45) is 5.73 Å². The fourth-order valence-electron chi connectivity index (χ4n) is 2.61. The third-order valence-electron chi connectivity index (χ3n) is 3.31. The van der Waals surface area contributed by atoms with Gasteiger partial charge in [0.25, 0.3) is 0 Å². The Morgan fingerprint density at radius 1 is 1.29 bits per heavy atom. The highest BCUT2D eigenvalue weighted by Gasteiger charge is 2.31. The zero-order chi connectivity index (χ0) is 15.9. The second-order valence-electron chi connectivity index (χ2n) is 5.54. The second kappa shape index (κ2) is 7.91. The Morgan fingerprint density at radius 2 is 1.86 bits per heavy atom. The summed E-state index contributed by atoms with van der Waals surface area (Å²) in [5.74, 6) is -0.279. The smallest absolute Gasteiger partial charge is 0.128 e. The number of rotatable bonds is 9. The first-order valence-electron chi connectivity index (χ1n) is 7.05. The van der Waals surface area contributed by atoms with E-state index in [1.165, 1.54) is 6.07 Å². The van der Waals surface area contributed by atoms with Gasteiger partial charge in [0, 0.05) is 25.2 Å². The van der Waals surface area contributed by atoms with Crippen molar-refractivity contribution in [1.82, 2.24) is 4.90 Å². The molecular formula is C18H25FN2. The van der Waals surface area contributed by atoms with Crippen LogP contribution in [0.5, 0.6) is 0 Å². The molecule has 2 N–H and O–H groups in total. The molecule has 21 heavy (non-hydrogen) atoms. The van der Waals surface area contributed by atoms with Crippen molar-refractivity contribution in [3.05, 3.63) is 73.1 Å². The minimum Gasteiger partial charge on any atom is -0.320 e. The van der Waals surface area contributed by atoms with Gasteiger partial charge in [-0.3, -0.25) is 4.90 Å². The highest BCUT2D eigenvalue weighted by molar-refractivity contribution is 5.28. The van der Waals surface area contributed by atoms with E-state index in [-0.39, 0.29) is 5.82 Å². The molecule has 0 radical (unpaired) electrons. The Balaban J connectivity index is 3.13. The third-order valence-corrected chi connectivity index (χ3v) is 3.31. The molecule has 1 aromatic carbocycles. The van der Waals surface area contributed by atoms with Crippen molar-refractivity contribution >= 4 is 0 Å². The number of hydrogen-bond donors (Lipinski definition) is 1. The third kappa shape index (κ3) is 4.96. The highest BCUT2D eigenvalue weighted by Crippen LogP contribution is 2.28. The minimum absolute atomic E-state index is 0.279. The molecule has 1 unspecified atom stereocenters. The molecule has 0 aliphatic carbocycles. The van der Waals surface area contributed by atoms with Crippen molar-refractivity contribution in [1.29, 1.82) is 0 Å². The van der Waals surface area contributed by atoms with Crippen LogP contribution in [0.4, 0.5) is 4.39 Å². The first kappa shape index (κ1) is 17.3. The topological polar surface area (TPSA) is 29.3 Å². The van der Waals surface area contributed by atoms with Gasteiger partial charge in [-0.1, -0.05) is 35.9 Å². The van der Waals surface area contributed by atoms with Crippen LogP contribution < -0.4 is 5.73 Å². The predicted molar refractivity (Wildman–Crippen MR) is 88.5 cm³/mol. The van der Waals surface area contributed by atoms with Crippen LogP contribution in [0.15, 0.2) is 61.7 Å². The zero-order valence-electron chi connectivity index (χ0n) is 12.8. The van der Waals surface area contributed by atoms with Crippen LogP contribution in [-0.4, -0.2) is 24.5 Å². The van der Waals surface area contributed by atoms with Crippen LogP contribution in [0.25, 0.3) is 0 Å². The van der Waals surface area contributed by atoms with Crippen LogP contribution in [0.1, 0.15) is 18.9 Å². The van der Waals surface area contributed by atoms with Gasteiger partial charge in [0.15, 0.2) is 0 Å². The van der Waals surface area contributed by atoms with E-state index in [2.05, 4.69) is 24.6 Å². The molecule has 0 saturated carbocycles. The summed E-state index contributed by atoms with van der Waals surface area (Å²) in [6, 6.07) is 6.67. The summed E-state index contributed by atoms with van der Waals surface area (Å²) in [5.41, 5.74) is 7.20. The summed E-state index contributed by atoms with van der Waals surface area (Å²) in [6.45, 7) is 15.2. The van der Waals surface area contributed by atoms with E-state index in [1.807, 2.05) is 25.1 Å². The van der Waals surface area contributed by atoms with Crippen LogP contribution in [0, 0.1) is 5.82 Å². The molecule has 0 bridgehead atoms. The molecule has 3 heteroatoms.